The smallest absolute Gasteiger partial charge is 0.240 e. The third-order valence-corrected chi connectivity index (χ3v) is 6.30. The molecule has 4 rings (SSSR count). The zero-order valence-electron chi connectivity index (χ0n) is 14.0. The molecule has 2 unspecified atom stereocenters. The Labute approximate surface area is 147 Å². The van der Waals surface area contributed by atoms with Crippen LogP contribution in [0.15, 0.2) is 11.6 Å². The number of thiazole rings is 1. The zero-order chi connectivity index (χ0) is 16.4. The second kappa shape index (κ2) is 7.47. The van der Waals surface area contributed by atoms with E-state index in [2.05, 4.69) is 20.1 Å². The summed E-state index contributed by atoms with van der Waals surface area (Å²) in [7, 11) is 0. The molecule has 0 aromatic carbocycles. The lowest BCUT2D eigenvalue weighted by Crippen LogP contribution is -2.60. The van der Waals surface area contributed by atoms with E-state index in [0.717, 1.165) is 39.4 Å². The topological polar surface area (TPSA) is 57.7 Å². The highest BCUT2D eigenvalue weighted by atomic mass is 32.1. The monoisotopic (exact) mass is 350 g/mol. The molecule has 3 fully saturated rings. The first kappa shape index (κ1) is 16.4. The van der Waals surface area contributed by atoms with Gasteiger partial charge in [-0.3, -0.25) is 14.6 Å². The van der Waals surface area contributed by atoms with Gasteiger partial charge in [0.25, 0.3) is 0 Å². The van der Waals surface area contributed by atoms with E-state index < -0.39 is 0 Å². The number of carbonyl (C=O) groups is 1. The second-order valence-electron chi connectivity index (χ2n) is 7.17. The molecular formula is C17H26N4O2S. The Hall–Kier alpha value is -1.02. The van der Waals surface area contributed by atoms with Crippen LogP contribution < -0.4 is 5.32 Å². The fourth-order valence-electron chi connectivity index (χ4n) is 4.75. The van der Waals surface area contributed by atoms with Gasteiger partial charge >= 0.3 is 0 Å². The van der Waals surface area contributed by atoms with Gasteiger partial charge in [-0.1, -0.05) is 6.42 Å². The van der Waals surface area contributed by atoms with Crippen LogP contribution >= 0.6 is 11.3 Å². The Balaban J connectivity index is 1.36. The fourth-order valence-corrected chi connectivity index (χ4v) is 5.30. The van der Waals surface area contributed by atoms with E-state index >= 15 is 0 Å². The van der Waals surface area contributed by atoms with Gasteiger partial charge in [0.15, 0.2) is 5.13 Å². The van der Waals surface area contributed by atoms with Gasteiger partial charge in [0.2, 0.25) is 5.91 Å². The number of amides is 1. The maximum absolute atomic E-state index is 12.3. The summed E-state index contributed by atoms with van der Waals surface area (Å²) < 4.78 is 5.53. The molecule has 132 valence electrons. The van der Waals surface area contributed by atoms with Crippen molar-refractivity contribution >= 4 is 22.4 Å². The Bertz CT molecular complexity index is 533. The minimum atomic E-state index is 0.0628. The van der Waals surface area contributed by atoms with E-state index in [4.69, 9.17) is 4.74 Å². The van der Waals surface area contributed by atoms with Crippen molar-refractivity contribution in [3.05, 3.63) is 11.6 Å². The summed E-state index contributed by atoms with van der Waals surface area (Å²) in [6.45, 7) is 6.46. The number of rotatable bonds is 4. The van der Waals surface area contributed by atoms with Gasteiger partial charge < -0.3 is 10.1 Å². The van der Waals surface area contributed by atoms with Crippen LogP contribution in [0.2, 0.25) is 0 Å². The Kier molecular flexibility index (Phi) is 5.12. The van der Waals surface area contributed by atoms with Crippen molar-refractivity contribution in [3.63, 3.8) is 0 Å². The number of piperidine rings is 1. The highest BCUT2D eigenvalue weighted by Crippen LogP contribution is 2.38. The summed E-state index contributed by atoms with van der Waals surface area (Å²) in [6, 6.07) is 0.695. The highest BCUT2D eigenvalue weighted by Gasteiger charge is 2.42. The number of hydrogen-bond donors (Lipinski definition) is 1. The van der Waals surface area contributed by atoms with Crippen molar-refractivity contribution in [2.24, 2.45) is 11.8 Å². The molecule has 2 aliphatic heterocycles. The fraction of sp³-hybridized carbons (Fsp3) is 0.765. The number of nitrogens with one attached hydrogen (secondary N) is 1. The van der Waals surface area contributed by atoms with E-state index in [1.165, 1.54) is 30.6 Å². The van der Waals surface area contributed by atoms with Gasteiger partial charge in [-0.15, -0.1) is 11.3 Å². The zero-order valence-corrected chi connectivity index (χ0v) is 14.8. The number of morpholine rings is 1. The third kappa shape index (κ3) is 3.64. The summed E-state index contributed by atoms with van der Waals surface area (Å²) in [4.78, 5) is 21.4. The number of likely N-dealkylation sites (tertiary alicyclic amines) is 1. The highest BCUT2D eigenvalue weighted by molar-refractivity contribution is 7.13. The molecule has 2 atom stereocenters. The molecule has 1 aromatic rings. The molecule has 3 aliphatic rings. The minimum Gasteiger partial charge on any atom is -0.379 e. The van der Waals surface area contributed by atoms with E-state index in [1.54, 1.807) is 6.20 Å². The largest absolute Gasteiger partial charge is 0.379 e. The molecule has 1 aromatic heterocycles. The molecule has 6 nitrogen and oxygen atoms in total. The summed E-state index contributed by atoms with van der Waals surface area (Å²) in [6.07, 6.45) is 5.65. The average molecular weight is 350 g/mol. The summed E-state index contributed by atoms with van der Waals surface area (Å²) in [5.41, 5.74) is 0. The summed E-state index contributed by atoms with van der Waals surface area (Å²) >= 11 is 1.47. The lowest BCUT2D eigenvalue weighted by atomic mass is 9.72. The predicted octanol–water partition coefficient (Wildman–Crippen LogP) is 1.51. The standard InChI is InChI=1S/C17H26N4O2S/c22-15(19-17-18-4-9-24-17)12-20-10-13-2-1-3-14(11-20)16(13)21-5-7-23-8-6-21/h4,9,13-14,16H,1-3,5-8,10-12H2,(H,18,19,22). The number of carbonyl (C=O) groups excluding carboxylic acids is 1. The van der Waals surface area contributed by atoms with Crippen molar-refractivity contribution in [3.8, 4) is 0 Å². The molecular weight excluding hydrogens is 324 g/mol. The maximum Gasteiger partial charge on any atom is 0.240 e. The van der Waals surface area contributed by atoms with Crippen molar-refractivity contribution in [2.45, 2.75) is 25.3 Å². The molecule has 2 saturated heterocycles. The number of hydrogen-bond acceptors (Lipinski definition) is 6. The van der Waals surface area contributed by atoms with Crippen LogP contribution in [-0.4, -0.2) is 72.7 Å². The summed E-state index contributed by atoms with van der Waals surface area (Å²) in [5.74, 6) is 1.46. The Morgan fingerprint density at radius 2 is 2.04 bits per heavy atom. The van der Waals surface area contributed by atoms with Gasteiger partial charge in [0.05, 0.1) is 19.8 Å². The molecule has 1 amide bonds. The molecule has 1 aliphatic carbocycles. The molecule has 1 saturated carbocycles. The van der Waals surface area contributed by atoms with E-state index in [1.807, 2.05) is 5.38 Å². The van der Waals surface area contributed by atoms with E-state index in [9.17, 15) is 4.79 Å². The maximum atomic E-state index is 12.3. The predicted molar refractivity (Wildman–Crippen MR) is 94.2 cm³/mol. The third-order valence-electron chi connectivity index (χ3n) is 5.61. The second-order valence-corrected chi connectivity index (χ2v) is 8.06. The first-order valence-corrected chi connectivity index (χ1v) is 9.91. The molecule has 0 radical (unpaired) electrons. The van der Waals surface area contributed by atoms with Crippen LogP contribution in [0.5, 0.6) is 0 Å². The lowest BCUT2D eigenvalue weighted by molar-refractivity contribution is -0.119. The quantitative estimate of drug-likeness (QED) is 0.892. The Morgan fingerprint density at radius 1 is 1.29 bits per heavy atom. The van der Waals surface area contributed by atoms with Crippen molar-refractivity contribution in [1.29, 1.82) is 0 Å². The van der Waals surface area contributed by atoms with Crippen LogP contribution in [0.1, 0.15) is 19.3 Å². The van der Waals surface area contributed by atoms with Crippen molar-refractivity contribution < 1.29 is 9.53 Å². The molecule has 1 N–H and O–H groups in total. The number of nitrogens with zero attached hydrogens (tertiary/aromatic N) is 3. The number of ether oxygens (including phenoxy) is 1. The minimum absolute atomic E-state index is 0.0628. The average Bonchev–Trinajstić information content (AvgIpc) is 3.07. The van der Waals surface area contributed by atoms with Gasteiger partial charge in [-0.2, -0.15) is 0 Å². The van der Waals surface area contributed by atoms with Crippen molar-refractivity contribution in [2.75, 3.05) is 51.3 Å². The van der Waals surface area contributed by atoms with Crippen molar-refractivity contribution in [1.82, 2.24) is 14.8 Å². The van der Waals surface area contributed by atoms with Gasteiger partial charge in [0.1, 0.15) is 0 Å². The first-order chi connectivity index (χ1) is 11.8. The Morgan fingerprint density at radius 3 is 2.71 bits per heavy atom. The molecule has 24 heavy (non-hydrogen) atoms. The summed E-state index contributed by atoms with van der Waals surface area (Å²) in [5, 5.41) is 5.49. The molecule has 7 heteroatoms. The first-order valence-electron chi connectivity index (χ1n) is 9.03. The van der Waals surface area contributed by atoms with Crippen LogP contribution in [0.4, 0.5) is 5.13 Å². The van der Waals surface area contributed by atoms with Gasteiger partial charge in [-0.05, 0) is 24.7 Å². The van der Waals surface area contributed by atoms with E-state index in [0.29, 0.717) is 29.6 Å². The number of fused-ring (bicyclic) bond motifs is 2. The molecule has 0 spiro atoms. The number of anilines is 1. The molecule has 3 heterocycles. The SMILES string of the molecule is O=C(CN1CC2CCCC(C1)C2N1CCOCC1)Nc1nccs1. The van der Waals surface area contributed by atoms with Gasteiger partial charge in [0, 0.05) is 43.8 Å². The number of aromatic nitrogens is 1. The van der Waals surface area contributed by atoms with E-state index in [-0.39, 0.29) is 5.91 Å². The van der Waals surface area contributed by atoms with Crippen LogP contribution in [-0.2, 0) is 9.53 Å². The van der Waals surface area contributed by atoms with Crippen LogP contribution in [0.25, 0.3) is 0 Å². The van der Waals surface area contributed by atoms with Crippen LogP contribution in [0, 0.1) is 11.8 Å². The van der Waals surface area contributed by atoms with Gasteiger partial charge in [-0.25, -0.2) is 4.98 Å². The van der Waals surface area contributed by atoms with Crippen LogP contribution in [0.3, 0.4) is 0 Å². The lowest BCUT2D eigenvalue weighted by Gasteiger charge is -2.52. The molecule has 2 bridgehead atoms. The normalized spacial score (nSPS) is 31.8.